The van der Waals surface area contributed by atoms with E-state index in [1.165, 1.54) is 4.90 Å². The Morgan fingerprint density at radius 3 is 2.54 bits per heavy atom. The number of amides is 3. The Morgan fingerprint density at radius 1 is 1.04 bits per heavy atom. The third-order valence-electron chi connectivity index (χ3n) is 10.5. The summed E-state index contributed by atoms with van der Waals surface area (Å²) in [4.78, 5) is 60.1. The lowest BCUT2D eigenvalue weighted by Crippen LogP contribution is -2.59. The second kappa shape index (κ2) is 13.7. The van der Waals surface area contributed by atoms with Gasteiger partial charge in [0.15, 0.2) is 0 Å². The molecule has 48 heavy (non-hydrogen) atoms. The van der Waals surface area contributed by atoms with Crippen LogP contribution in [0.25, 0.3) is 0 Å². The van der Waals surface area contributed by atoms with Gasteiger partial charge in [0.25, 0.3) is 5.91 Å². The number of aliphatic hydroxyl groups is 1. The van der Waals surface area contributed by atoms with Crippen LogP contribution in [0.3, 0.4) is 0 Å². The predicted octanol–water partition coefficient (Wildman–Crippen LogP) is 3.94. The van der Waals surface area contributed by atoms with Crippen LogP contribution in [0.5, 0.6) is 0 Å². The van der Waals surface area contributed by atoms with E-state index in [4.69, 9.17) is 9.47 Å². The van der Waals surface area contributed by atoms with Gasteiger partial charge in [-0.25, -0.2) is 0 Å². The maximum Gasteiger partial charge on any atom is 0.306 e. The fourth-order valence-corrected chi connectivity index (χ4v) is 7.78. The van der Waals surface area contributed by atoms with E-state index in [0.717, 1.165) is 22.4 Å². The van der Waals surface area contributed by atoms with Crippen LogP contribution in [0.2, 0.25) is 0 Å². The average molecular weight is 656 g/mol. The fraction of sp³-hybridized carbons (Fsp3) is 0.474. The molecule has 1 spiro atoms. The van der Waals surface area contributed by atoms with Gasteiger partial charge in [0, 0.05) is 18.7 Å². The molecule has 4 aliphatic rings. The summed E-state index contributed by atoms with van der Waals surface area (Å²) in [5.41, 5.74) is 1.90. The largest absolute Gasteiger partial charge is 0.463 e. The monoisotopic (exact) mass is 655 g/mol. The number of ether oxygens (including phenoxy) is 2. The Kier molecular flexibility index (Phi) is 9.58. The molecule has 3 amide bonds. The number of anilines is 1. The van der Waals surface area contributed by atoms with E-state index in [-0.39, 0.29) is 44.0 Å². The molecule has 2 N–H and O–H groups in total. The number of fused-ring (bicyclic) bond motifs is 2. The van der Waals surface area contributed by atoms with Crippen molar-refractivity contribution in [2.45, 2.75) is 76.8 Å². The molecule has 0 aliphatic carbocycles. The lowest BCUT2D eigenvalue weighted by Gasteiger charge is -2.40. The molecule has 4 heterocycles. The summed E-state index contributed by atoms with van der Waals surface area (Å²) in [7, 11) is 0. The molecule has 0 bridgehead atoms. The van der Waals surface area contributed by atoms with E-state index in [1.54, 1.807) is 17.1 Å². The molecule has 4 aliphatic heterocycles. The zero-order valence-electron chi connectivity index (χ0n) is 28.0. The maximum atomic E-state index is 15.0. The first-order valence-corrected chi connectivity index (χ1v) is 17.0. The highest BCUT2D eigenvalue weighted by molar-refractivity contribution is 6.06. The van der Waals surface area contributed by atoms with E-state index in [1.807, 2.05) is 88.4 Å². The van der Waals surface area contributed by atoms with Gasteiger partial charge in [0.1, 0.15) is 18.2 Å². The predicted molar refractivity (Wildman–Crippen MR) is 180 cm³/mol. The van der Waals surface area contributed by atoms with Crippen LogP contribution in [-0.2, 0) is 28.7 Å². The van der Waals surface area contributed by atoms with E-state index >= 15 is 0 Å². The van der Waals surface area contributed by atoms with Crippen molar-refractivity contribution in [3.05, 3.63) is 89.5 Å². The molecule has 2 aromatic rings. The minimum atomic E-state index is -1.48. The summed E-state index contributed by atoms with van der Waals surface area (Å²) in [6.45, 7) is 7.68. The van der Waals surface area contributed by atoms with Crippen molar-refractivity contribution in [2.24, 2.45) is 17.8 Å². The second-order valence-corrected chi connectivity index (χ2v) is 13.5. The maximum absolute atomic E-state index is 15.0. The van der Waals surface area contributed by atoms with E-state index in [2.05, 4.69) is 5.32 Å². The first-order valence-electron chi connectivity index (χ1n) is 17.0. The second-order valence-electron chi connectivity index (χ2n) is 13.5. The van der Waals surface area contributed by atoms with Gasteiger partial charge in [-0.15, -0.1) is 0 Å². The fourth-order valence-electron chi connectivity index (χ4n) is 7.78. The standard InChI is InChI=1S/C38H45N3O7/c1-5-24(3)29(21-42)41-34-37(46)40(28-20-23(2)16-17-25(28)4)19-11-18-38(34)33(36(41)45)32-30(48-38)14-9-10-15-31(43)47-22-27(39-35(32)44)26-12-7-6-8-13-26/h6-9,11-14,16-18,20,24,27,29-30,32-34,42H,5,10,15,19,21-22H2,1-4H3,(H,39,44)/b14-9-/t24-,27+,29-,30-,32+,33+,34-,38+/m0/s1. The zero-order valence-corrected chi connectivity index (χ0v) is 28.0. The topological polar surface area (TPSA) is 125 Å². The summed E-state index contributed by atoms with van der Waals surface area (Å²) < 4.78 is 12.4. The smallest absolute Gasteiger partial charge is 0.306 e. The van der Waals surface area contributed by atoms with Crippen LogP contribution in [0.1, 0.15) is 55.8 Å². The van der Waals surface area contributed by atoms with Gasteiger partial charge in [-0.3, -0.25) is 19.2 Å². The number of carbonyl (C=O) groups is 4. The average Bonchev–Trinajstić information content (AvgIpc) is 3.47. The Morgan fingerprint density at radius 2 is 1.81 bits per heavy atom. The number of aryl methyl sites for hydroxylation is 2. The number of likely N-dealkylation sites (tertiary alicyclic amines) is 1. The van der Waals surface area contributed by atoms with Gasteiger partial charge in [-0.05, 0) is 48.9 Å². The molecular formula is C38H45N3O7. The Bertz CT molecular complexity index is 1620. The number of hydrogen-bond donors (Lipinski definition) is 2. The van der Waals surface area contributed by atoms with Crippen molar-refractivity contribution in [3.63, 3.8) is 0 Å². The normalized spacial score (nSPS) is 31.0. The third-order valence-corrected chi connectivity index (χ3v) is 10.5. The SMILES string of the molecule is CC[C@H](C)[C@H](CO)N1C(=O)[C@H]2[C@@H]3C(=O)N[C@@H](c4ccccc4)COC(=O)CC/C=C\[C@@H]3O[C@]23C=CCN(c2cc(C)ccc2C)C(=O)[C@H]13. The van der Waals surface area contributed by atoms with Crippen molar-refractivity contribution in [3.8, 4) is 0 Å². The van der Waals surface area contributed by atoms with Crippen LogP contribution in [0.4, 0.5) is 5.69 Å². The summed E-state index contributed by atoms with van der Waals surface area (Å²) in [6, 6.07) is 12.7. The third kappa shape index (κ3) is 5.85. The minimum absolute atomic E-state index is 0.0706. The molecule has 2 fully saturated rings. The highest BCUT2D eigenvalue weighted by Crippen LogP contribution is 2.54. The molecule has 2 saturated heterocycles. The molecule has 8 atom stereocenters. The lowest BCUT2D eigenvalue weighted by atomic mass is 9.77. The van der Waals surface area contributed by atoms with E-state index < -0.39 is 53.5 Å². The number of nitrogens with one attached hydrogen (secondary N) is 1. The first kappa shape index (κ1) is 33.6. The van der Waals surface area contributed by atoms with Gasteiger partial charge in [-0.2, -0.15) is 0 Å². The molecule has 6 rings (SSSR count). The lowest BCUT2D eigenvalue weighted by molar-refractivity contribution is -0.147. The molecule has 10 heteroatoms. The number of benzene rings is 2. The molecule has 10 nitrogen and oxygen atoms in total. The van der Waals surface area contributed by atoms with Crippen LogP contribution in [0, 0.1) is 31.6 Å². The highest BCUT2D eigenvalue weighted by atomic mass is 16.5. The molecule has 0 saturated carbocycles. The van der Waals surface area contributed by atoms with E-state index in [9.17, 15) is 24.3 Å². The number of aliphatic hydroxyl groups excluding tert-OH is 1. The molecule has 0 radical (unpaired) electrons. The number of rotatable bonds is 6. The van der Waals surface area contributed by atoms with Gasteiger partial charge in [0.2, 0.25) is 11.8 Å². The van der Waals surface area contributed by atoms with Crippen LogP contribution < -0.4 is 10.2 Å². The summed E-state index contributed by atoms with van der Waals surface area (Å²) in [5, 5.41) is 13.8. The zero-order chi connectivity index (χ0) is 34.2. The Hall–Kier alpha value is -4.28. The summed E-state index contributed by atoms with van der Waals surface area (Å²) in [5.74, 6) is -3.72. The quantitative estimate of drug-likeness (QED) is 0.357. The Balaban J connectivity index is 1.48. The van der Waals surface area contributed by atoms with Gasteiger partial charge >= 0.3 is 5.97 Å². The van der Waals surface area contributed by atoms with Gasteiger partial charge < -0.3 is 29.7 Å². The highest BCUT2D eigenvalue weighted by Gasteiger charge is 2.72. The first-order chi connectivity index (χ1) is 23.1. The molecule has 0 unspecified atom stereocenters. The number of hydrogen-bond acceptors (Lipinski definition) is 7. The number of esters is 1. The molecule has 254 valence electrons. The summed E-state index contributed by atoms with van der Waals surface area (Å²) in [6.07, 6.45) is 7.49. The van der Waals surface area contributed by atoms with Crippen molar-refractivity contribution in [1.29, 1.82) is 0 Å². The van der Waals surface area contributed by atoms with Crippen molar-refractivity contribution in [2.75, 3.05) is 24.7 Å². The van der Waals surface area contributed by atoms with Crippen molar-refractivity contribution in [1.82, 2.24) is 10.2 Å². The number of nitrogens with zero attached hydrogens (tertiary/aromatic N) is 2. The minimum Gasteiger partial charge on any atom is -0.463 e. The molecule has 0 aromatic heterocycles. The van der Waals surface area contributed by atoms with Gasteiger partial charge in [0.05, 0.1) is 36.6 Å². The van der Waals surface area contributed by atoms with Gasteiger partial charge in [-0.1, -0.05) is 87.0 Å². The van der Waals surface area contributed by atoms with Crippen LogP contribution in [0.15, 0.2) is 72.8 Å². The van der Waals surface area contributed by atoms with Crippen LogP contribution in [-0.4, -0.2) is 77.2 Å². The number of cyclic esters (lactones) is 1. The summed E-state index contributed by atoms with van der Waals surface area (Å²) >= 11 is 0. The number of allylic oxidation sites excluding steroid dienone is 1. The van der Waals surface area contributed by atoms with E-state index in [0.29, 0.717) is 12.8 Å². The number of carbonyl (C=O) groups excluding carboxylic acids is 4. The molecular weight excluding hydrogens is 610 g/mol. The van der Waals surface area contributed by atoms with Crippen molar-refractivity contribution < 1.29 is 33.8 Å². The molecule has 2 aromatic carbocycles. The Labute approximate surface area is 281 Å². The van der Waals surface area contributed by atoms with Crippen LogP contribution >= 0.6 is 0 Å². The van der Waals surface area contributed by atoms with Crippen molar-refractivity contribution >= 4 is 29.4 Å².